The molecule has 2 rings (SSSR count). The van der Waals surface area contributed by atoms with Crippen molar-refractivity contribution in [2.45, 2.75) is 38.6 Å². The summed E-state index contributed by atoms with van der Waals surface area (Å²) in [7, 11) is 0. The number of aliphatic carboxylic acids is 1. The SMILES string of the molecule is Cc1ccc(C(=O)NCC(=O)NC2(C(=O)O)CCC2)cc1C. The summed E-state index contributed by atoms with van der Waals surface area (Å²) in [6.07, 6.45) is 1.64. The van der Waals surface area contributed by atoms with Crippen LogP contribution in [0.15, 0.2) is 18.2 Å². The number of aryl methyl sites for hydroxylation is 2. The summed E-state index contributed by atoms with van der Waals surface area (Å²) in [5.41, 5.74) is 1.41. The molecule has 0 aromatic heterocycles. The lowest BCUT2D eigenvalue weighted by Gasteiger charge is -2.38. The van der Waals surface area contributed by atoms with E-state index in [2.05, 4.69) is 10.6 Å². The number of benzene rings is 1. The van der Waals surface area contributed by atoms with Gasteiger partial charge < -0.3 is 15.7 Å². The number of hydrogen-bond acceptors (Lipinski definition) is 3. The highest BCUT2D eigenvalue weighted by molar-refractivity contribution is 5.97. The highest BCUT2D eigenvalue weighted by atomic mass is 16.4. The predicted octanol–water partition coefficient (Wildman–Crippen LogP) is 1.16. The molecule has 0 bridgehead atoms. The van der Waals surface area contributed by atoms with Gasteiger partial charge in [0.15, 0.2) is 0 Å². The lowest BCUT2D eigenvalue weighted by Crippen LogP contribution is -2.60. The molecular weight excluding hydrogens is 284 g/mol. The van der Waals surface area contributed by atoms with Crippen molar-refractivity contribution in [1.29, 1.82) is 0 Å². The molecule has 1 aliphatic carbocycles. The molecule has 0 spiro atoms. The van der Waals surface area contributed by atoms with E-state index in [4.69, 9.17) is 5.11 Å². The number of carboxylic acid groups (broad SMARTS) is 1. The van der Waals surface area contributed by atoms with Crippen LogP contribution < -0.4 is 10.6 Å². The van der Waals surface area contributed by atoms with Crippen LogP contribution >= 0.6 is 0 Å². The Morgan fingerprint density at radius 1 is 1.18 bits per heavy atom. The van der Waals surface area contributed by atoms with Crippen molar-refractivity contribution in [2.24, 2.45) is 0 Å². The summed E-state index contributed by atoms with van der Waals surface area (Å²) in [6, 6.07) is 5.30. The van der Waals surface area contributed by atoms with Crippen LogP contribution in [-0.4, -0.2) is 35.0 Å². The lowest BCUT2D eigenvalue weighted by molar-refractivity contribution is -0.151. The van der Waals surface area contributed by atoms with E-state index in [0.29, 0.717) is 18.4 Å². The van der Waals surface area contributed by atoms with Crippen LogP contribution in [0.3, 0.4) is 0 Å². The van der Waals surface area contributed by atoms with E-state index in [9.17, 15) is 14.4 Å². The molecule has 0 radical (unpaired) electrons. The highest BCUT2D eigenvalue weighted by Gasteiger charge is 2.45. The molecule has 22 heavy (non-hydrogen) atoms. The second-order valence-corrected chi connectivity index (χ2v) is 5.77. The highest BCUT2D eigenvalue weighted by Crippen LogP contribution is 2.31. The minimum atomic E-state index is -1.15. The van der Waals surface area contributed by atoms with Crippen LogP contribution in [0.2, 0.25) is 0 Å². The van der Waals surface area contributed by atoms with Gasteiger partial charge in [-0.1, -0.05) is 6.07 Å². The average Bonchev–Trinajstić information content (AvgIpc) is 2.42. The first-order valence-electron chi connectivity index (χ1n) is 7.24. The number of amides is 2. The van der Waals surface area contributed by atoms with Gasteiger partial charge in [-0.3, -0.25) is 9.59 Å². The number of carbonyl (C=O) groups is 3. The molecule has 1 aromatic rings. The van der Waals surface area contributed by atoms with Crippen molar-refractivity contribution in [1.82, 2.24) is 10.6 Å². The van der Waals surface area contributed by atoms with Gasteiger partial charge in [-0.25, -0.2) is 4.79 Å². The minimum Gasteiger partial charge on any atom is -0.480 e. The zero-order chi connectivity index (χ0) is 16.3. The molecule has 3 N–H and O–H groups in total. The second kappa shape index (κ2) is 6.17. The van der Waals surface area contributed by atoms with Gasteiger partial charge in [-0.05, 0) is 56.4 Å². The molecular formula is C16H20N2O4. The lowest BCUT2D eigenvalue weighted by atomic mass is 9.77. The first kappa shape index (κ1) is 16.0. The Bertz CT molecular complexity index is 621. The fourth-order valence-electron chi connectivity index (χ4n) is 2.38. The van der Waals surface area contributed by atoms with Gasteiger partial charge in [-0.15, -0.1) is 0 Å². The third-order valence-electron chi connectivity index (χ3n) is 4.17. The molecule has 6 nitrogen and oxygen atoms in total. The summed E-state index contributed by atoms with van der Waals surface area (Å²) < 4.78 is 0. The Labute approximate surface area is 128 Å². The smallest absolute Gasteiger partial charge is 0.329 e. The van der Waals surface area contributed by atoms with E-state index in [1.165, 1.54) is 0 Å². The molecule has 0 saturated heterocycles. The number of nitrogens with one attached hydrogen (secondary N) is 2. The van der Waals surface area contributed by atoms with E-state index < -0.39 is 17.4 Å². The van der Waals surface area contributed by atoms with Crippen molar-refractivity contribution >= 4 is 17.8 Å². The van der Waals surface area contributed by atoms with Crippen LogP contribution in [0.5, 0.6) is 0 Å². The summed E-state index contributed by atoms with van der Waals surface area (Å²) in [5.74, 6) is -1.86. The van der Waals surface area contributed by atoms with Crippen molar-refractivity contribution in [3.05, 3.63) is 34.9 Å². The number of carbonyl (C=O) groups excluding carboxylic acids is 2. The molecule has 0 aliphatic heterocycles. The molecule has 1 fully saturated rings. The molecule has 6 heteroatoms. The fourth-order valence-corrected chi connectivity index (χ4v) is 2.38. The van der Waals surface area contributed by atoms with Crippen molar-refractivity contribution in [3.8, 4) is 0 Å². The Morgan fingerprint density at radius 2 is 1.86 bits per heavy atom. The zero-order valence-corrected chi connectivity index (χ0v) is 12.7. The molecule has 2 amide bonds. The third-order valence-corrected chi connectivity index (χ3v) is 4.17. The summed E-state index contributed by atoms with van der Waals surface area (Å²) in [6.45, 7) is 3.63. The second-order valence-electron chi connectivity index (χ2n) is 5.77. The summed E-state index contributed by atoms with van der Waals surface area (Å²) in [5, 5.41) is 14.2. The maximum absolute atomic E-state index is 12.0. The van der Waals surface area contributed by atoms with E-state index >= 15 is 0 Å². The number of hydrogen-bond donors (Lipinski definition) is 3. The van der Waals surface area contributed by atoms with Crippen LogP contribution in [-0.2, 0) is 9.59 Å². The Kier molecular flexibility index (Phi) is 4.49. The van der Waals surface area contributed by atoms with Crippen LogP contribution in [0.1, 0.15) is 40.7 Å². The largest absolute Gasteiger partial charge is 0.480 e. The van der Waals surface area contributed by atoms with Gasteiger partial charge >= 0.3 is 5.97 Å². The first-order chi connectivity index (χ1) is 10.3. The van der Waals surface area contributed by atoms with E-state index in [1.54, 1.807) is 12.1 Å². The molecule has 1 aromatic carbocycles. The van der Waals surface area contributed by atoms with E-state index in [-0.39, 0.29) is 12.5 Å². The Morgan fingerprint density at radius 3 is 2.36 bits per heavy atom. The quantitative estimate of drug-likeness (QED) is 0.760. The number of rotatable bonds is 5. The van der Waals surface area contributed by atoms with Gasteiger partial charge in [0.1, 0.15) is 5.54 Å². The van der Waals surface area contributed by atoms with Crippen molar-refractivity contribution < 1.29 is 19.5 Å². The fraction of sp³-hybridized carbons (Fsp3) is 0.438. The van der Waals surface area contributed by atoms with Gasteiger partial charge in [0, 0.05) is 5.56 Å². The van der Waals surface area contributed by atoms with Gasteiger partial charge in [0.2, 0.25) is 5.91 Å². The van der Waals surface area contributed by atoms with Gasteiger partial charge in [0.25, 0.3) is 5.91 Å². The molecule has 0 heterocycles. The molecule has 1 saturated carbocycles. The molecule has 0 atom stereocenters. The Balaban J connectivity index is 1.89. The average molecular weight is 304 g/mol. The van der Waals surface area contributed by atoms with E-state index in [0.717, 1.165) is 17.5 Å². The maximum Gasteiger partial charge on any atom is 0.329 e. The zero-order valence-electron chi connectivity index (χ0n) is 12.7. The standard InChI is InChI=1S/C16H20N2O4/c1-10-4-5-12(8-11(10)2)14(20)17-9-13(19)18-16(15(21)22)6-3-7-16/h4-5,8H,3,6-7,9H2,1-2H3,(H,17,20)(H,18,19)(H,21,22). The van der Waals surface area contributed by atoms with Crippen LogP contribution in [0.4, 0.5) is 0 Å². The van der Waals surface area contributed by atoms with Crippen molar-refractivity contribution in [3.63, 3.8) is 0 Å². The topological polar surface area (TPSA) is 95.5 Å². The Hall–Kier alpha value is -2.37. The van der Waals surface area contributed by atoms with E-state index in [1.807, 2.05) is 19.9 Å². The van der Waals surface area contributed by atoms with Crippen LogP contribution in [0.25, 0.3) is 0 Å². The molecule has 0 unspecified atom stereocenters. The number of carboxylic acids is 1. The summed E-state index contributed by atoms with van der Waals surface area (Å²) in [4.78, 5) is 35.0. The van der Waals surface area contributed by atoms with Gasteiger partial charge in [0.05, 0.1) is 6.54 Å². The first-order valence-corrected chi connectivity index (χ1v) is 7.24. The third kappa shape index (κ3) is 3.27. The monoisotopic (exact) mass is 304 g/mol. The minimum absolute atomic E-state index is 0.235. The predicted molar refractivity (Wildman–Crippen MR) is 80.6 cm³/mol. The van der Waals surface area contributed by atoms with Crippen LogP contribution in [0, 0.1) is 13.8 Å². The van der Waals surface area contributed by atoms with Crippen molar-refractivity contribution in [2.75, 3.05) is 6.54 Å². The summed E-state index contributed by atoms with van der Waals surface area (Å²) >= 11 is 0. The molecule has 1 aliphatic rings. The van der Waals surface area contributed by atoms with Gasteiger partial charge in [-0.2, -0.15) is 0 Å². The maximum atomic E-state index is 12.0. The normalized spacial score (nSPS) is 15.5. The molecule has 118 valence electrons.